The number of aromatic carboxylic acids is 1. The highest BCUT2D eigenvalue weighted by Gasteiger charge is 2.41. The van der Waals surface area contributed by atoms with Crippen LogP contribution in [0.15, 0.2) is 42.5 Å². The smallest absolute Gasteiger partial charge is 0.430 e. The van der Waals surface area contributed by atoms with Crippen molar-refractivity contribution < 1.29 is 48.5 Å². The van der Waals surface area contributed by atoms with E-state index in [1.165, 1.54) is 15.9 Å². The average molecular weight is 580 g/mol. The molecule has 3 N–H and O–H groups in total. The first-order valence-corrected chi connectivity index (χ1v) is 13.6. The summed E-state index contributed by atoms with van der Waals surface area (Å²) in [5.74, 6) is -4.23. The van der Waals surface area contributed by atoms with Crippen LogP contribution in [0.3, 0.4) is 0 Å². The number of carbonyl (C=O) groups excluding carboxylic acids is 5. The van der Waals surface area contributed by atoms with Gasteiger partial charge in [-0.3, -0.25) is 19.3 Å². The van der Waals surface area contributed by atoms with Gasteiger partial charge in [-0.15, -0.1) is 0 Å². The fourth-order valence-corrected chi connectivity index (χ4v) is 5.18. The van der Waals surface area contributed by atoms with Crippen LogP contribution in [0.4, 0.5) is 4.79 Å². The van der Waals surface area contributed by atoms with Gasteiger partial charge >= 0.3 is 24.6 Å². The fraction of sp³-hybridized carbons (Fsp3) is 0.370. The number of amides is 5. The number of nitrogens with one attached hydrogen (secondary N) is 1. The Bertz CT molecular complexity index is 1430. The molecule has 0 radical (unpaired) electrons. The number of nitrogens with zero attached hydrogens (tertiary/aromatic N) is 3. The molecule has 1 atom stereocenters. The number of fused-ring (bicyclic) bond motifs is 1. The van der Waals surface area contributed by atoms with Gasteiger partial charge in [-0.05, 0) is 30.5 Å². The lowest BCUT2D eigenvalue weighted by Gasteiger charge is -2.42. The maximum Gasteiger partial charge on any atom is 0.430 e. The summed E-state index contributed by atoms with van der Waals surface area (Å²) in [5.41, 5.74) is 0.462. The highest BCUT2D eigenvalue weighted by atomic mass is 16.6. The molecule has 5 amide bonds. The molecule has 15 heteroatoms. The molecule has 2 aromatic rings. The molecule has 5 rings (SSSR count). The maximum atomic E-state index is 13.5. The van der Waals surface area contributed by atoms with Crippen LogP contribution in [0, 0.1) is 0 Å². The molecule has 0 spiro atoms. The number of rotatable bonds is 7. The number of likely N-dealkylation sites (tertiary alicyclic amines) is 1. The maximum absolute atomic E-state index is 13.5. The first kappa shape index (κ1) is 28.9. The zero-order chi connectivity index (χ0) is 30.2. The molecular formula is C27H29BN4O10-2. The molecule has 2 saturated heterocycles. The van der Waals surface area contributed by atoms with Gasteiger partial charge in [0.2, 0.25) is 5.91 Å². The summed E-state index contributed by atoms with van der Waals surface area (Å²) >= 11 is 0. The largest absolute Gasteiger partial charge is 0.669 e. The van der Waals surface area contributed by atoms with Crippen molar-refractivity contribution >= 4 is 36.5 Å². The van der Waals surface area contributed by atoms with Gasteiger partial charge < -0.3 is 44.5 Å². The average Bonchev–Trinajstić information content (AvgIpc) is 2.93. The highest BCUT2D eigenvalue weighted by Crippen LogP contribution is 2.38. The van der Waals surface area contributed by atoms with Crippen molar-refractivity contribution in [3.8, 4) is 11.5 Å². The molecule has 0 saturated carbocycles. The molecule has 0 aromatic heterocycles. The number of likely N-dealkylation sites (N-methyl/N-ethyl adjacent to an activating group) is 1. The van der Waals surface area contributed by atoms with E-state index in [1.807, 2.05) is 0 Å². The summed E-state index contributed by atoms with van der Waals surface area (Å²) in [6.07, 6.45) is -0.520. The number of carboxylic acids is 1. The minimum atomic E-state index is -3.22. The van der Waals surface area contributed by atoms with Crippen molar-refractivity contribution in [1.82, 2.24) is 20.0 Å². The monoisotopic (exact) mass is 580 g/mol. The molecule has 0 unspecified atom stereocenters. The van der Waals surface area contributed by atoms with Crippen LogP contribution in [0.1, 0.15) is 34.5 Å². The molecule has 14 nitrogen and oxygen atoms in total. The third-order valence-corrected chi connectivity index (χ3v) is 7.54. The molecule has 3 aliphatic heterocycles. The van der Waals surface area contributed by atoms with Crippen LogP contribution >= 0.6 is 0 Å². The second kappa shape index (κ2) is 11.3. The van der Waals surface area contributed by atoms with Crippen LogP contribution in [-0.4, -0.2) is 100 Å². The van der Waals surface area contributed by atoms with Crippen LogP contribution in [0.2, 0.25) is 6.32 Å². The van der Waals surface area contributed by atoms with E-state index in [0.29, 0.717) is 17.7 Å². The summed E-state index contributed by atoms with van der Waals surface area (Å²) in [6, 6.07) is 9.34. The minimum Gasteiger partial charge on any atom is -0.669 e. The second-order valence-corrected chi connectivity index (χ2v) is 10.3. The Balaban J connectivity index is 1.28. The van der Waals surface area contributed by atoms with Gasteiger partial charge in [0.15, 0.2) is 0 Å². The fourth-order valence-electron chi connectivity index (χ4n) is 5.18. The van der Waals surface area contributed by atoms with Crippen molar-refractivity contribution in [3.63, 3.8) is 0 Å². The summed E-state index contributed by atoms with van der Waals surface area (Å²) in [7, 11) is 0. The van der Waals surface area contributed by atoms with Crippen LogP contribution in [-0.2, 0) is 20.8 Å². The van der Waals surface area contributed by atoms with Crippen LogP contribution in [0.5, 0.6) is 11.5 Å². The Kier molecular flexibility index (Phi) is 7.80. The molecule has 3 heterocycles. The lowest BCUT2D eigenvalue weighted by Crippen LogP contribution is -2.61. The molecule has 222 valence electrons. The topological polar surface area (TPSA) is 189 Å². The first-order chi connectivity index (χ1) is 20.0. The Hall–Kier alpha value is -4.63. The number of aryl methyl sites for hydroxylation is 1. The predicted molar refractivity (Wildman–Crippen MR) is 143 cm³/mol. The lowest BCUT2D eigenvalue weighted by atomic mass is 9.70. The molecule has 3 aliphatic rings. The van der Waals surface area contributed by atoms with Crippen molar-refractivity contribution in [3.05, 3.63) is 59.2 Å². The van der Waals surface area contributed by atoms with Crippen LogP contribution < -0.4 is 19.8 Å². The Morgan fingerprint density at radius 2 is 1.81 bits per heavy atom. The third kappa shape index (κ3) is 5.60. The van der Waals surface area contributed by atoms with Gasteiger partial charge in [0.25, 0.3) is 0 Å². The van der Waals surface area contributed by atoms with Gasteiger partial charge in [-0.25, -0.2) is 4.79 Å². The molecule has 42 heavy (non-hydrogen) atoms. The number of imide groups is 1. The summed E-state index contributed by atoms with van der Waals surface area (Å²) in [5, 5.41) is 34.4. The van der Waals surface area contributed by atoms with Gasteiger partial charge in [-0.2, -0.15) is 0 Å². The molecule has 0 bridgehead atoms. The minimum absolute atomic E-state index is 0.0142. The molecule has 0 aliphatic carbocycles. The number of hydrogen-bond donors (Lipinski definition) is 3. The molecule has 2 fully saturated rings. The van der Waals surface area contributed by atoms with Gasteiger partial charge in [-0.1, -0.05) is 42.7 Å². The Labute approximate surface area is 240 Å². The Morgan fingerprint density at radius 3 is 2.48 bits per heavy atom. The number of ether oxygens (including phenoxy) is 1. The standard InChI is InChI=1S/C27H30BN4O10/c1-2-30-12-13-32(25(35)24(30)34)27(38)29-21(16-6-4-3-5-7-16)23(33)31-14-18(15-31)41-19-9-8-17-10-11-28(39,40)42-22(17)20(19)26(36)37/h3-9,18,21,39-40H,2,10-15H2,1H3,(H,29,38)(H,36,37)/q-1/p-1/t21-/m1/s1. The number of urea groups is 1. The van der Waals surface area contributed by atoms with Crippen molar-refractivity contribution in [2.24, 2.45) is 0 Å². The van der Waals surface area contributed by atoms with Crippen LogP contribution in [0.25, 0.3) is 0 Å². The molecule has 2 aromatic carbocycles. The van der Waals surface area contributed by atoms with E-state index >= 15 is 0 Å². The van der Waals surface area contributed by atoms with Crippen molar-refractivity contribution in [2.45, 2.75) is 31.8 Å². The third-order valence-electron chi connectivity index (χ3n) is 7.54. The van der Waals surface area contributed by atoms with E-state index in [9.17, 15) is 39.1 Å². The number of hydrogen-bond acceptors (Lipinski definition) is 10. The zero-order valence-electron chi connectivity index (χ0n) is 22.7. The number of benzene rings is 2. The van der Waals surface area contributed by atoms with E-state index in [4.69, 9.17) is 9.39 Å². The van der Waals surface area contributed by atoms with Gasteiger partial charge in [0, 0.05) is 19.6 Å². The first-order valence-electron chi connectivity index (χ1n) is 13.6. The van der Waals surface area contributed by atoms with E-state index < -0.39 is 54.2 Å². The quantitative estimate of drug-likeness (QED) is 0.261. The predicted octanol–water partition coefficient (Wildman–Crippen LogP) is -1.36. The number of carboxylic acid groups (broad SMARTS) is 1. The molecular weight excluding hydrogens is 551 g/mol. The Morgan fingerprint density at radius 1 is 1.10 bits per heavy atom. The van der Waals surface area contributed by atoms with E-state index in [0.717, 1.165) is 4.90 Å². The summed E-state index contributed by atoms with van der Waals surface area (Å²) in [4.78, 5) is 66.8. The summed E-state index contributed by atoms with van der Waals surface area (Å²) in [6.45, 7) is -0.909. The number of piperazine rings is 1. The van der Waals surface area contributed by atoms with E-state index in [-0.39, 0.29) is 50.4 Å². The second-order valence-electron chi connectivity index (χ2n) is 10.3. The number of carbonyl (C=O) groups is 5. The zero-order valence-corrected chi connectivity index (χ0v) is 22.7. The van der Waals surface area contributed by atoms with Gasteiger partial charge in [0.05, 0.1) is 30.4 Å². The highest BCUT2D eigenvalue weighted by molar-refractivity contribution is 6.59. The summed E-state index contributed by atoms with van der Waals surface area (Å²) < 4.78 is 11.0. The van der Waals surface area contributed by atoms with Crippen molar-refractivity contribution in [2.75, 3.05) is 32.7 Å². The van der Waals surface area contributed by atoms with Gasteiger partial charge in [0.1, 0.15) is 17.9 Å². The lowest BCUT2D eigenvalue weighted by molar-refractivity contribution is -0.255. The van der Waals surface area contributed by atoms with Crippen molar-refractivity contribution in [1.29, 1.82) is 0 Å². The van der Waals surface area contributed by atoms with E-state index in [2.05, 4.69) is 5.32 Å². The SMILES string of the molecule is CCN1CCN(C(=O)N[C@@H](C(=O)N2CC(Oc3ccc4c(c3C(=O)[O-])O[B-](O)(O)CC4)C2)c2ccccc2)C(=O)C1=O. The van der Waals surface area contributed by atoms with E-state index in [1.54, 1.807) is 43.3 Å². The normalized spacial score (nSPS) is 18.9.